The van der Waals surface area contributed by atoms with E-state index in [1.165, 1.54) is 75.8 Å². The zero-order valence-electron chi connectivity index (χ0n) is 14.7. The van der Waals surface area contributed by atoms with Crippen LogP contribution in [-0.2, 0) is 6.42 Å². The zero-order chi connectivity index (χ0) is 16.5. The summed E-state index contributed by atoms with van der Waals surface area (Å²) in [4.78, 5) is 3.64. The Kier molecular flexibility index (Phi) is 4.02. The number of para-hydroxylation sites is 1. The molecule has 0 radical (unpaired) electrons. The number of benzene rings is 3. The summed E-state index contributed by atoms with van der Waals surface area (Å²) in [6.07, 6.45) is 6.42. The molecule has 24 heavy (non-hydrogen) atoms. The molecule has 0 atom stereocenters. The molecule has 1 heteroatoms. The van der Waals surface area contributed by atoms with Crippen molar-refractivity contribution in [2.45, 2.75) is 46.0 Å². The Morgan fingerprint density at radius 1 is 0.792 bits per heavy atom. The van der Waals surface area contributed by atoms with E-state index >= 15 is 0 Å². The summed E-state index contributed by atoms with van der Waals surface area (Å²) in [6, 6.07) is 18.0. The third kappa shape index (κ3) is 2.58. The van der Waals surface area contributed by atoms with Gasteiger partial charge in [0.05, 0.1) is 5.52 Å². The quantitative estimate of drug-likeness (QED) is 0.385. The van der Waals surface area contributed by atoms with Crippen LogP contribution in [0.2, 0.25) is 0 Å². The second kappa shape index (κ2) is 6.32. The van der Waals surface area contributed by atoms with Gasteiger partial charge in [-0.25, -0.2) is 0 Å². The van der Waals surface area contributed by atoms with E-state index in [9.17, 15) is 0 Å². The lowest BCUT2D eigenvalue weighted by molar-refractivity contribution is 0.668. The van der Waals surface area contributed by atoms with Gasteiger partial charge in [-0.15, -0.1) is 0 Å². The summed E-state index contributed by atoms with van der Waals surface area (Å²) in [5.74, 6) is 0. The fourth-order valence-corrected chi connectivity index (χ4v) is 3.87. The lowest BCUT2D eigenvalue weighted by Crippen LogP contribution is -1.90. The fourth-order valence-electron chi connectivity index (χ4n) is 3.87. The summed E-state index contributed by atoms with van der Waals surface area (Å²) >= 11 is 0. The first-order valence-corrected chi connectivity index (χ1v) is 9.20. The van der Waals surface area contributed by atoms with E-state index in [4.69, 9.17) is 0 Å². The van der Waals surface area contributed by atoms with Crippen LogP contribution in [0, 0.1) is 6.92 Å². The lowest BCUT2D eigenvalue weighted by Gasteiger charge is -2.10. The predicted molar refractivity (Wildman–Crippen MR) is 106 cm³/mol. The Balaban J connectivity index is 1.93. The molecule has 0 bridgehead atoms. The Morgan fingerprint density at radius 2 is 1.67 bits per heavy atom. The molecule has 0 spiro atoms. The van der Waals surface area contributed by atoms with Crippen LogP contribution in [-0.4, -0.2) is 4.98 Å². The fraction of sp³-hybridized carbons (Fsp3) is 0.304. The normalized spacial score (nSPS) is 11.8. The first-order valence-electron chi connectivity index (χ1n) is 9.20. The molecule has 0 amide bonds. The van der Waals surface area contributed by atoms with Gasteiger partial charge in [-0.05, 0) is 42.8 Å². The number of fused-ring (bicyclic) bond motifs is 5. The summed E-state index contributed by atoms with van der Waals surface area (Å²) in [5, 5.41) is 5.49. The SMILES string of the molecule is CCCCCCc1cc2c3ccccc3[nH]c2c2ccc(C)cc12. The van der Waals surface area contributed by atoms with Crippen LogP contribution in [0.5, 0.6) is 0 Å². The van der Waals surface area contributed by atoms with Crippen LogP contribution in [0.25, 0.3) is 32.6 Å². The number of aromatic amines is 1. The van der Waals surface area contributed by atoms with E-state index < -0.39 is 0 Å². The van der Waals surface area contributed by atoms with Crippen LogP contribution >= 0.6 is 0 Å². The molecule has 0 aliphatic rings. The summed E-state index contributed by atoms with van der Waals surface area (Å²) in [7, 11) is 0. The van der Waals surface area contributed by atoms with E-state index in [1.807, 2.05) is 0 Å². The lowest BCUT2D eigenvalue weighted by atomic mass is 9.95. The van der Waals surface area contributed by atoms with Crippen LogP contribution < -0.4 is 0 Å². The van der Waals surface area contributed by atoms with Gasteiger partial charge in [-0.3, -0.25) is 0 Å². The van der Waals surface area contributed by atoms with Gasteiger partial charge in [-0.2, -0.15) is 0 Å². The summed E-state index contributed by atoms with van der Waals surface area (Å²) in [5.41, 5.74) is 5.36. The van der Waals surface area contributed by atoms with Crippen molar-refractivity contribution in [1.29, 1.82) is 0 Å². The molecule has 0 saturated heterocycles. The number of aryl methyl sites for hydroxylation is 2. The Labute approximate surface area is 143 Å². The second-order valence-corrected chi connectivity index (χ2v) is 6.99. The number of hydrogen-bond acceptors (Lipinski definition) is 0. The molecule has 4 rings (SSSR count). The third-order valence-corrected chi connectivity index (χ3v) is 5.15. The molecule has 4 aromatic rings. The molecule has 3 aromatic carbocycles. The Morgan fingerprint density at radius 3 is 2.54 bits per heavy atom. The van der Waals surface area contributed by atoms with E-state index in [2.05, 4.69) is 67.4 Å². The highest BCUT2D eigenvalue weighted by atomic mass is 14.7. The number of rotatable bonds is 5. The highest BCUT2D eigenvalue weighted by molar-refractivity contribution is 6.17. The van der Waals surface area contributed by atoms with Crippen molar-refractivity contribution >= 4 is 32.6 Å². The van der Waals surface area contributed by atoms with Crippen molar-refractivity contribution in [2.24, 2.45) is 0 Å². The first kappa shape index (κ1) is 15.3. The number of unbranched alkanes of at least 4 members (excludes halogenated alkanes) is 3. The molecule has 1 heterocycles. The smallest absolute Gasteiger partial charge is 0.0544 e. The van der Waals surface area contributed by atoms with Gasteiger partial charge in [0, 0.05) is 21.7 Å². The van der Waals surface area contributed by atoms with Crippen molar-refractivity contribution < 1.29 is 0 Å². The molecule has 1 aromatic heterocycles. The minimum Gasteiger partial charge on any atom is -0.354 e. The average molecular weight is 315 g/mol. The molecule has 1 nitrogen and oxygen atoms in total. The van der Waals surface area contributed by atoms with Gasteiger partial charge in [0.2, 0.25) is 0 Å². The van der Waals surface area contributed by atoms with Gasteiger partial charge < -0.3 is 4.98 Å². The van der Waals surface area contributed by atoms with E-state index in [-0.39, 0.29) is 0 Å². The first-order chi connectivity index (χ1) is 11.8. The average Bonchev–Trinajstić information content (AvgIpc) is 2.97. The maximum atomic E-state index is 3.64. The minimum absolute atomic E-state index is 1.18. The van der Waals surface area contributed by atoms with Crippen LogP contribution in [0.4, 0.5) is 0 Å². The van der Waals surface area contributed by atoms with E-state index in [1.54, 1.807) is 0 Å². The molecule has 0 saturated carbocycles. The minimum atomic E-state index is 1.18. The van der Waals surface area contributed by atoms with Crippen LogP contribution in [0.1, 0.15) is 43.7 Å². The number of hydrogen-bond donors (Lipinski definition) is 1. The van der Waals surface area contributed by atoms with E-state index in [0.717, 1.165) is 0 Å². The molecule has 0 aliphatic carbocycles. The van der Waals surface area contributed by atoms with Crippen molar-refractivity contribution in [3.63, 3.8) is 0 Å². The second-order valence-electron chi connectivity index (χ2n) is 6.99. The van der Waals surface area contributed by atoms with Crippen LogP contribution in [0.15, 0.2) is 48.5 Å². The maximum Gasteiger partial charge on any atom is 0.0544 e. The number of nitrogens with one attached hydrogen (secondary N) is 1. The molecule has 122 valence electrons. The van der Waals surface area contributed by atoms with Crippen molar-refractivity contribution in [2.75, 3.05) is 0 Å². The van der Waals surface area contributed by atoms with Crippen molar-refractivity contribution in [3.05, 3.63) is 59.7 Å². The van der Waals surface area contributed by atoms with Gasteiger partial charge in [0.1, 0.15) is 0 Å². The topological polar surface area (TPSA) is 15.8 Å². The molecule has 1 N–H and O–H groups in total. The van der Waals surface area contributed by atoms with Crippen molar-refractivity contribution in [1.82, 2.24) is 4.98 Å². The summed E-state index contributed by atoms with van der Waals surface area (Å²) < 4.78 is 0. The largest absolute Gasteiger partial charge is 0.354 e. The van der Waals surface area contributed by atoms with Gasteiger partial charge in [0.15, 0.2) is 0 Å². The number of aromatic nitrogens is 1. The van der Waals surface area contributed by atoms with E-state index in [0.29, 0.717) is 0 Å². The molecular weight excluding hydrogens is 290 g/mol. The summed E-state index contributed by atoms with van der Waals surface area (Å²) in [6.45, 7) is 4.46. The Bertz CT molecular complexity index is 1010. The molecular formula is C23H25N. The van der Waals surface area contributed by atoms with Crippen LogP contribution in [0.3, 0.4) is 0 Å². The van der Waals surface area contributed by atoms with Crippen molar-refractivity contribution in [3.8, 4) is 0 Å². The zero-order valence-corrected chi connectivity index (χ0v) is 14.7. The Hall–Kier alpha value is -2.28. The standard InChI is InChI=1S/C23H25N/c1-3-4-5-6-9-17-15-21-18-10-7-8-11-22(18)24-23(21)19-13-12-16(2)14-20(17)19/h7-8,10-15,24H,3-6,9H2,1-2H3. The highest BCUT2D eigenvalue weighted by Crippen LogP contribution is 2.34. The predicted octanol–water partition coefficient (Wildman–Crippen LogP) is 6.91. The molecule has 0 unspecified atom stereocenters. The monoisotopic (exact) mass is 315 g/mol. The molecule has 0 aliphatic heterocycles. The van der Waals surface area contributed by atoms with Gasteiger partial charge in [0.25, 0.3) is 0 Å². The van der Waals surface area contributed by atoms with Gasteiger partial charge >= 0.3 is 0 Å². The maximum absolute atomic E-state index is 3.64. The highest BCUT2D eigenvalue weighted by Gasteiger charge is 2.11. The number of H-pyrrole nitrogens is 1. The van der Waals surface area contributed by atoms with Gasteiger partial charge in [-0.1, -0.05) is 68.1 Å². The molecule has 0 fully saturated rings. The third-order valence-electron chi connectivity index (χ3n) is 5.15.